The van der Waals surface area contributed by atoms with Crippen molar-refractivity contribution in [2.45, 2.75) is 13.5 Å². The molecule has 0 amide bonds. The molecule has 6 heteroatoms. The van der Waals surface area contributed by atoms with E-state index in [2.05, 4.69) is 21.7 Å². The normalized spacial score (nSPS) is 16.5. The van der Waals surface area contributed by atoms with E-state index < -0.39 is 0 Å². The fraction of sp³-hybridized carbons (Fsp3) is 0.368. The molecule has 0 bridgehead atoms. The Balaban J connectivity index is 1.60. The van der Waals surface area contributed by atoms with Gasteiger partial charge in [0.25, 0.3) is 5.56 Å². The van der Waals surface area contributed by atoms with Crippen molar-refractivity contribution in [3.8, 4) is 11.1 Å². The van der Waals surface area contributed by atoms with Crippen molar-refractivity contribution in [3.05, 3.63) is 51.9 Å². The van der Waals surface area contributed by atoms with Crippen molar-refractivity contribution in [1.29, 1.82) is 0 Å². The van der Waals surface area contributed by atoms with E-state index in [1.807, 2.05) is 35.7 Å². The number of H-pyrrole nitrogens is 1. The van der Waals surface area contributed by atoms with Gasteiger partial charge in [0.2, 0.25) is 0 Å². The fourth-order valence-corrected chi connectivity index (χ4v) is 4.34. The fourth-order valence-electron chi connectivity index (χ4n) is 3.37. The van der Waals surface area contributed by atoms with Crippen LogP contribution in [-0.2, 0) is 6.54 Å². The van der Waals surface area contributed by atoms with Crippen LogP contribution in [0.15, 0.2) is 40.5 Å². The molecule has 1 aliphatic rings. The van der Waals surface area contributed by atoms with Gasteiger partial charge in [-0.25, -0.2) is 4.98 Å². The lowest BCUT2D eigenvalue weighted by Crippen LogP contribution is -2.45. The molecule has 2 aromatic heterocycles. The first-order chi connectivity index (χ1) is 12.2. The third-order valence-electron chi connectivity index (χ3n) is 4.86. The van der Waals surface area contributed by atoms with Crippen LogP contribution in [0.5, 0.6) is 0 Å². The number of thiophene rings is 1. The largest absolute Gasteiger partial charge is 0.309 e. The Morgan fingerprint density at radius 2 is 1.84 bits per heavy atom. The number of piperazine rings is 1. The molecule has 0 atom stereocenters. The molecule has 1 saturated heterocycles. The van der Waals surface area contributed by atoms with Crippen LogP contribution >= 0.6 is 11.3 Å². The number of hydrogen-bond acceptors (Lipinski definition) is 5. The van der Waals surface area contributed by atoms with Gasteiger partial charge in [-0.1, -0.05) is 37.3 Å². The molecule has 5 nitrogen and oxygen atoms in total. The number of hydrogen-bond donors (Lipinski definition) is 1. The lowest BCUT2D eigenvalue weighted by Gasteiger charge is -2.33. The second kappa shape index (κ2) is 7.07. The van der Waals surface area contributed by atoms with Crippen LogP contribution in [0.3, 0.4) is 0 Å². The lowest BCUT2D eigenvalue weighted by atomic mass is 10.1. The number of rotatable bonds is 4. The van der Waals surface area contributed by atoms with Crippen LogP contribution in [-0.4, -0.2) is 52.5 Å². The number of aromatic amines is 1. The standard InChI is InChI=1S/C19H22N4OS/c1-2-22-8-10-23(11-9-22)12-16-20-18(24)17-15(13-25-19(17)21-16)14-6-4-3-5-7-14/h3-7,13H,2,8-12H2,1H3,(H,20,21,24). The average Bonchev–Trinajstić information content (AvgIpc) is 3.08. The van der Waals surface area contributed by atoms with Crippen LogP contribution in [0, 0.1) is 0 Å². The van der Waals surface area contributed by atoms with Crippen LogP contribution < -0.4 is 5.56 Å². The van der Waals surface area contributed by atoms with Crippen LogP contribution in [0.1, 0.15) is 12.7 Å². The Morgan fingerprint density at radius 1 is 1.12 bits per heavy atom. The second-order valence-electron chi connectivity index (χ2n) is 6.42. The van der Waals surface area contributed by atoms with E-state index in [-0.39, 0.29) is 5.56 Å². The lowest BCUT2D eigenvalue weighted by molar-refractivity contribution is 0.129. The predicted octanol–water partition coefficient (Wildman–Crippen LogP) is 2.79. The molecule has 3 heterocycles. The zero-order valence-corrected chi connectivity index (χ0v) is 15.2. The Kier molecular flexibility index (Phi) is 4.65. The molecule has 0 spiro atoms. The maximum absolute atomic E-state index is 12.7. The molecule has 0 unspecified atom stereocenters. The maximum atomic E-state index is 12.7. The van der Waals surface area contributed by atoms with Gasteiger partial charge in [0, 0.05) is 37.1 Å². The van der Waals surface area contributed by atoms with Gasteiger partial charge >= 0.3 is 0 Å². The van der Waals surface area contributed by atoms with Crippen molar-refractivity contribution < 1.29 is 0 Å². The quantitative estimate of drug-likeness (QED) is 0.783. The summed E-state index contributed by atoms with van der Waals surface area (Å²) in [5.74, 6) is 0.768. The summed E-state index contributed by atoms with van der Waals surface area (Å²) >= 11 is 1.55. The van der Waals surface area contributed by atoms with Crippen molar-refractivity contribution >= 4 is 21.6 Å². The summed E-state index contributed by atoms with van der Waals surface area (Å²) in [7, 11) is 0. The van der Waals surface area contributed by atoms with Crippen LogP contribution in [0.25, 0.3) is 21.3 Å². The summed E-state index contributed by atoms with van der Waals surface area (Å²) in [6, 6.07) is 10.0. The monoisotopic (exact) mass is 354 g/mol. The number of fused-ring (bicyclic) bond motifs is 1. The van der Waals surface area contributed by atoms with Crippen LogP contribution in [0.4, 0.5) is 0 Å². The second-order valence-corrected chi connectivity index (χ2v) is 7.28. The van der Waals surface area contributed by atoms with E-state index in [1.54, 1.807) is 11.3 Å². The van der Waals surface area contributed by atoms with E-state index in [0.717, 1.165) is 54.5 Å². The third kappa shape index (κ3) is 3.38. The molecule has 1 aromatic carbocycles. The minimum absolute atomic E-state index is 0.0349. The first kappa shape index (κ1) is 16.4. The number of aromatic nitrogens is 2. The van der Waals surface area contributed by atoms with Crippen molar-refractivity contribution in [2.75, 3.05) is 32.7 Å². The summed E-state index contributed by atoms with van der Waals surface area (Å²) in [4.78, 5) is 26.0. The SMILES string of the molecule is CCN1CCN(Cc2nc3scc(-c4ccccc4)c3c(=O)[nH]2)CC1. The van der Waals surface area contributed by atoms with Crippen molar-refractivity contribution in [1.82, 2.24) is 19.8 Å². The van der Waals surface area contributed by atoms with E-state index in [1.165, 1.54) is 0 Å². The Morgan fingerprint density at radius 3 is 2.56 bits per heavy atom. The third-order valence-corrected chi connectivity index (χ3v) is 5.74. The summed E-state index contributed by atoms with van der Waals surface area (Å²) in [5.41, 5.74) is 1.99. The Labute approximate surface area is 150 Å². The topological polar surface area (TPSA) is 52.2 Å². The summed E-state index contributed by atoms with van der Waals surface area (Å²) in [6.45, 7) is 8.22. The minimum Gasteiger partial charge on any atom is -0.309 e. The van der Waals surface area contributed by atoms with Gasteiger partial charge in [0.15, 0.2) is 0 Å². The minimum atomic E-state index is -0.0349. The molecule has 130 valence electrons. The molecule has 4 rings (SSSR count). The molecule has 25 heavy (non-hydrogen) atoms. The smallest absolute Gasteiger partial charge is 0.260 e. The Bertz CT molecular complexity index is 910. The van der Waals surface area contributed by atoms with Gasteiger partial charge in [-0.05, 0) is 12.1 Å². The van der Waals surface area contributed by atoms with Crippen molar-refractivity contribution in [3.63, 3.8) is 0 Å². The van der Waals surface area contributed by atoms with E-state index in [0.29, 0.717) is 11.9 Å². The zero-order chi connectivity index (χ0) is 17.2. The van der Waals surface area contributed by atoms with Gasteiger partial charge in [-0.3, -0.25) is 9.69 Å². The highest BCUT2D eigenvalue weighted by molar-refractivity contribution is 7.17. The van der Waals surface area contributed by atoms with E-state index in [4.69, 9.17) is 4.98 Å². The number of nitrogens with one attached hydrogen (secondary N) is 1. The molecule has 0 aliphatic carbocycles. The summed E-state index contributed by atoms with van der Waals surface area (Å²) in [5, 5.41) is 2.74. The van der Waals surface area contributed by atoms with Crippen LogP contribution in [0.2, 0.25) is 0 Å². The Hall–Kier alpha value is -2.02. The highest BCUT2D eigenvalue weighted by atomic mass is 32.1. The van der Waals surface area contributed by atoms with Gasteiger partial charge < -0.3 is 9.88 Å². The maximum Gasteiger partial charge on any atom is 0.260 e. The van der Waals surface area contributed by atoms with E-state index in [9.17, 15) is 4.79 Å². The first-order valence-corrected chi connectivity index (χ1v) is 9.63. The predicted molar refractivity (Wildman–Crippen MR) is 103 cm³/mol. The molecule has 3 aromatic rings. The summed E-state index contributed by atoms with van der Waals surface area (Å²) in [6.07, 6.45) is 0. The molecule has 0 saturated carbocycles. The highest BCUT2D eigenvalue weighted by Gasteiger charge is 2.18. The summed E-state index contributed by atoms with van der Waals surface area (Å²) < 4.78 is 0. The van der Waals surface area contributed by atoms with Crippen molar-refractivity contribution in [2.24, 2.45) is 0 Å². The first-order valence-electron chi connectivity index (χ1n) is 8.75. The van der Waals surface area contributed by atoms with Gasteiger partial charge in [-0.15, -0.1) is 11.3 Å². The van der Waals surface area contributed by atoms with Gasteiger partial charge in [0.05, 0.1) is 11.9 Å². The molecule has 1 fully saturated rings. The van der Waals surface area contributed by atoms with Gasteiger partial charge in [-0.2, -0.15) is 0 Å². The zero-order valence-electron chi connectivity index (χ0n) is 14.4. The average molecular weight is 354 g/mol. The molecule has 1 N–H and O–H groups in total. The molecular formula is C19H22N4OS. The molecule has 0 radical (unpaired) electrons. The number of benzene rings is 1. The highest BCUT2D eigenvalue weighted by Crippen LogP contribution is 2.30. The van der Waals surface area contributed by atoms with E-state index >= 15 is 0 Å². The molecule has 1 aliphatic heterocycles. The number of likely N-dealkylation sites (N-methyl/N-ethyl adjacent to an activating group) is 1. The number of nitrogens with zero attached hydrogens (tertiary/aromatic N) is 3. The molecular weight excluding hydrogens is 332 g/mol. The van der Waals surface area contributed by atoms with Gasteiger partial charge in [0.1, 0.15) is 10.7 Å².